The second kappa shape index (κ2) is 7.17. The van der Waals surface area contributed by atoms with E-state index in [1.807, 2.05) is 0 Å². The van der Waals surface area contributed by atoms with E-state index in [0.29, 0.717) is 17.1 Å². The molecule has 0 spiro atoms. The molecule has 1 aliphatic rings. The predicted molar refractivity (Wildman–Crippen MR) is 109 cm³/mol. The van der Waals surface area contributed by atoms with Crippen molar-refractivity contribution in [2.24, 2.45) is 14.1 Å². The Bertz CT molecular complexity index is 1300. The zero-order chi connectivity index (χ0) is 21.6. The average Bonchev–Trinajstić information content (AvgIpc) is 3.14. The van der Waals surface area contributed by atoms with Crippen LogP contribution in [0, 0.1) is 0 Å². The van der Waals surface area contributed by atoms with Crippen molar-refractivity contribution in [1.82, 2.24) is 18.7 Å². The van der Waals surface area contributed by atoms with Crippen LogP contribution in [0.15, 0.2) is 34.1 Å². The number of hydrogen-bond acceptors (Lipinski definition) is 6. The standard InChI is InChI=1S/C19H20N6O5/c1-10-17(27)22-12-8-11(4-5-13(12)30-10)21-14(26)6-7-25-9-20-16-15(25)18(28)24(3)19(29)23(16)2/h4-5,8-10H,6-7H2,1-3H3,(H,21,26)(H,22,27)/t10-/m0/s1. The van der Waals surface area contributed by atoms with Gasteiger partial charge < -0.3 is 19.9 Å². The molecule has 0 unspecified atom stereocenters. The van der Waals surface area contributed by atoms with Crippen LogP contribution in [0.2, 0.25) is 0 Å². The van der Waals surface area contributed by atoms with E-state index in [1.165, 1.54) is 25.0 Å². The molecule has 3 aromatic rings. The summed E-state index contributed by atoms with van der Waals surface area (Å²) in [6.45, 7) is 1.86. The van der Waals surface area contributed by atoms with E-state index in [-0.39, 0.29) is 35.9 Å². The van der Waals surface area contributed by atoms with Crippen molar-refractivity contribution in [1.29, 1.82) is 0 Å². The third-order valence-electron chi connectivity index (χ3n) is 4.99. The Morgan fingerprint density at radius 2 is 2.00 bits per heavy atom. The maximum atomic E-state index is 12.4. The molecule has 0 aliphatic carbocycles. The molecular weight excluding hydrogens is 392 g/mol. The van der Waals surface area contributed by atoms with Gasteiger partial charge in [0, 0.05) is 32.7 Å². The van der Waals surface area contributed by atoms with E-state index < -0.39 is 17.4 Å². The number of amides is 2. The SMILES string of the molecule is C[C@@H]1Oc2ccc(NC(=O)CCn3cnc4c3c(=O)n(C)c(=O)n4C)cc2NC1=O. The van der Waals surface area contributed by atoms with Crippen molar-refractivity contribution in [3.8, 4) is 5.75 Å². The first-order valence-corrected chi connectivity index (χ1v) is 9.28. The smallest absolute Gasteiger partial charge is 0.332 e. The number of nitrogens with zero attached hydrogens (tertiary/aromatic N) is 4. The zero-order valence-corrected chi connectivity index (χ0v) is 16.6. The minimum Gasteiger partial charge on any atom is -0.479 e. The number of hydrogen-bond donors (Lipinski definition) is 2. The van der Waals surface area contributed by atoms with Crippen molar-refractivity contribution in [2.75, 3.05) is 10.6 Å². The first-order chi connectivity index (χ1) is 14.3. The molecule has 2 amide bonds. The van der Waals surface area contributed by atoms with Crippen molar-refractivity contribution in [2.45, 2.75) is 26.0 Å². The van der Waals surface area contributed by atoms with E-state index in [9.17, 15) is 19.2 Å². The molecule has 0 radical (unpaired) electrons. The van der Waals surface area contributed by atoms with Gasteiger partial charge in [-0.3, -0.25) is 23.5 Å². The van der Waals surface area contributed by atoms with Gasteiger partial charge in [-0.25, -0.2) is 9.78 Å². The molecule has 11 heteroatoms. The first kappa shape index (κ1) is 19.4. The Labute approximate surface area is 169 Å². The van der Waals surface area contributed by atoms with Crippen LogP contribution >= 0.6 is 0 Å². The molecule has 11 nitrogen and oxygen atoms in total. The molecule has 0 bridgehead atoms. The van der Waals surface area contributed by atoms with Gasteiger partial charge in [0.05, 0.1) is 12.0 Å². The maximum absolute atomic E-state index is 12.4. The highest BCUT2D eigenvalue weighted by atomic mass is 16.5. The van der Waals surface area contributed by atoms with E-state index in [0.717, 1.165) is 4.57 Å². The molecule has 4 rings (SSSR count). The molecule has 0 saturated carbocycles. The Balaban J connectivity index is 1.49. The Morgan fingerprint density at radius 3 is 2.77 bits per heavy atom. The Kier molecular flexibility index (Phi) is 4.65. The van der Waals surface area contributed by atoms with Crippen molar-refractivity contribution in [3.63, 3.8) is 0 Å². The summed E-state index contributed by atoms with van der Waals surface area (Å²) >= 11 is 0. The maximum Gasteiger partial charge on any atom is 0.332 e. The molecule has 3 heterocycles. The van der Waals surface area contributed by atoms with Gasteiger partial charge in [-0.2, -0.15) is 0 Å². The molecule has 1 atom stereocenters. The minimum atomic E-state index is -0.574. The lowest BCUT2D eigenvalue weighted by molar-refractivity contribution is -0.122. The number of benzene rings is 1. The summed E-state index contributed by atoms with van der Waals surface area (Å²) < 4.78 is 9.34. The van der Waals surface area contributed by atoms with Crippen molar-refractivity contribution < 1.29 is 14.3 Å². The van der Waals surface area contributed by atoms with Gasteiger partial charge in [0.15, 0.2) is 17.3 Å². The van der Waals surface area contributed by atoms with E-state index in [1.54, 1.807) is 29.7 Å². The van der Waals surface area contributed by atoms with Crippen LogP contribution in [0.1, 0.15) is 13.3 Å². The molecule has 2 N–H and O–H groups in total. The fraction of sp³-hybridized carbons (Fsp3) is 0.316. The average molecular weight is 412 g/mol. The van der Waals surface area contributed by atoms with Gasteiger partial charge in [0.2, 0.25) is 5.91 Å². The van der Waals surface area contributed by atoms with Crippen LogP contribution in [-0.4, -0.2) is 36.6 Å². The number of aryl methyl sites for hydroxylation is 2. The number of ether oxygens (including phenoxy) is 1. The second-order valence-corrected chi connectivity index (χ2v) is 7.07. The quantitative estimate of drug-likeness (QED) is 0.629. The summed E-state index contributed by atoms with van der Waals surface area (Å²) in [5.74, 6) is -0.00440. The van der Waals surface area contributed by atoms with Gasteiger partial charge in [0.1, 0.15) is 5.75 Å². The summed E-state index contributed by atoms with van der Waals surface area (Å²) in [4.78, 5) is 52.7. The molecule has 0 fully saturated rings. The lowest BCUT2D eigenvalue weighted by atomic mass is 10.2. The largest absolute Gasteiger partial charge is 0.479 e. The molecule has 2 aromatic heterocycles. The van der Waals surface area contributed by atoms with Crippen LogP contribution < -0.4 is 26.6 Å². The van der Waals surface area contributed by atoms with E-state index >= 15 is 0 Å². The zero-order valence-electron chi connectivity index (χ0n) is 16.6. The monoisotopic (exact) mass is 412 g/mol. The summed E-state index contributed by atoms with van der Waals surface area (Å²) in [5.41, 5.74) is 0.587. The summed E-state index contributed by atoms with van der Waals surface area (Å²) in [5, 5.41) is 5.48. The van der Waals surface area contributed by atoms with Crippen LogP contribution in [0.5, 0.6) is 5.75 Å². The first-order valence-electron chi connectivity index (χ1n) is 9.28. The topological polar surface area (TPSA) is 129 Å². The summed E-state index contributed by atoms with van der Waals surface area (Å²) in [6.07, 6.45) is 0.940. The lowest BCUT2D eigenvalue weighted by Gasteiger charge is -2.23. The second-order valence-electron chi connectivity index (χ2n) is 7.07. The van der Waals surface area contributed by atoms with Crippen molar-refractivity contribution >= 4 is 34.4 Å². The number of carbonyl (C=O) groups excluding carboxylic acids is 2. The fourth-order valence-corrected chi connectivity index (χ4v) is 3.30. The summed E-state index contributed by atoms with van der Waals surface area (Å²) in [7, 11) is 2.93. The number of carbonyl (C=O) groups is 2. The minimum absolute atomic E-state index is 0.0778. The third-order valence-corrected chi connectivity index (χ3v) is 4.99. The van der Waals surface area contributed by atoms with Crippen molar-refractivity contribution in [3.05, 3.63) is 45.4 Å². The van der Waals surface area contributed by atoms with Crippen LogP contribution in [0.25, 0.3) is 11.2 Å². The molecule has 1 aromatic carbocycles. The number of rotatable bonds is 4. The normalized spacial score (nSPS) is 15.4. The van der Waals surface area contributed by atoms with Gasteiger partial charge in [-0.05, 0) is 25.1 Å². The molecule has 30 heavy (non-hydrogen) atoms. The van der Waals surface area contributed by atoms with Crippen LogP contribution in [-0.2, 0) is 30.2 Å². The van der Waals surface area contributed by atoms with Gasteiger partial charge >= 0.3 is 5.69 Å². The molecule has 1 aliphatic heterocycles. The number of imidazole rings is 1. The number of anilines is 2. The highest BCUT2D eigenvalue weighted by Gasteiger charge is 2.23. The van der Waals surface area contributed by atoms with E-state index in [2.05, 4.69) is 15.6 Å². The predicted octanol–water partition coefficient (Wildman–Crippen LogP) is 0.182. The molecule has 156 valence electrons. The third kappa shape index (κ3) is 3.23. The Morgan fingerprint density at radius 1 is 1.23 bits per heavy atom. The summed E-state index contributed by atoms with van der Waals surface area (Å²) in [6, 6.07) is 4.97. The van der Waals surface area contributed by atoms with Crippen LogP contribution in [0.3, 0.4) is 0 Å². The van der Waals surface area contributed by atoms with E-state index in [4.69, 9.17) is 4.74 Å². The number of fused-ring (bicyclic) bond motifs is 2. The highest BCUT2D eigenvalue weighted by Crippen LogP contribution is 2.32. The van der Waals surface area contributed by atoms with Gasteiger partial charge in [-0.1, -0.05) is 0 Å². The van der Waals surface area contributed by atoms with Gasteiger partial charge in [0.25, 0.3) is 11.5 Å². The van der Waals surface area contributed by atoms with Gasteiger partial charge in [-0.15, -0.1) is 0 Å². The molecular formula is C19H20N6O5. The highest BCUT2D eigenvalue weighted by molar-refractivity contribution is 5.99. The molecule has 0 saturated heterocycles. The lowest BCUT2D eigenvalue weighted by Crippen LogP contribution is -2.37. The Hall–Kier alpha value is -3.89. The fourth-order valence-electron chi connectivity index (χ4n) is 3.30. The number of aromatic nitrogens is 4. The number of nitrogens with one attached hydrogen (secondary N) is 2. The van der Waals surface area contributed by atoms with Crippen LogP contribution in [0.4, 0.5) is 11.4 Å².